The van der Waals surface area contributed by atoms with Gasteiger partial charge in [-0.2, -0.15) is 0 Å². The summed E-state index contributed by atoms with van der Waals surface area (Å²) in [5.74, 6) is 0.920. The number of anilines is 1. The number of piperidine rings is 2. The third kappa shape index (κ3) is 10.9. The maximum atomic E-state index is 13.6. The van der Waals surface area contributed by atoms with E-state index in [2.05, 4.69) is 21.3 Å². The highest BCUT2D eigenvalue weighted by Crippen LogP contribution is 2.46. The van der Waals surface area contributed by atoms with Crippen LogP contribution in [0, 0.1) is 6.92 Å². The Balaban J connectivity index is 0.677. The SMILES string of the molecule is Cc1cc(Cl)cc(-c2ccnc3cc(CN4C(=O)CCC4=O)sc23)c1OC1CCN(CCCCCCCNc2ccc3c(c2)OC2(CCN(C(=O)[C@H](c4ccc(Cl)cc4)[C@H](C)N)CC2)O3)CC1. The summed E-state index contributed by atoms with van der Waals surface area (Å²) >= 11 is 14.3. The second-order valence-corrected chi connectivity index (χ2v) is 20.6. The van der Waals surface area contributed by atoms with E-state index >= 15 is 0 Å². The van der Waals surface area contributed by atoms with Crippen molar-refractivity contribution >= 4 is 68.2 Å². The molecule has 0 aliphatic carbocycles. The number of fused-ring (bicyclic) bond motifs is 2. The molecule has 67 heavy (non-hydrogen) atoms. The molecule has 9 rings (SSSR count). The van der Waals surface area contributed by atoms with Gasteiger partial charge in [-0.3, -0.25) is 24.3 Å². The van der Waals surface area contributed by atoms with Gasteiger partial charge in [0.05, 0.1) is 22.7 Å². The third-order valence-electron chi connectivity index (χ3n) is 13.7. The standard InChI is InChI=1S/C52H60Cl2N6O6S/c1-33-28-37(54)29-42(41-16-22-57-43-31-40(67-50(41)43)32-60-46(61)14-15-47(60)62)49(33)64-39-17-24-58(25-18-39)23-7-5-3-4-6-21-56-38-12-13-44-45(30-38)66-52(65-44)19-26-59(27-20-52)51(63)48(34(2)55)35-8-10-36(53)11-9-35/h8-13,16,22,28-31,34,39,48,56H,3-7,14-15,17-21,23-27,32,55H2,1-2H3/t34-,48-/m0/s1. The van der Waals surface area contributed by atoms with Gasteiger partial charge < -0.3 is 35.1 Å². The largest absolute Gasteiger partial charge is 0.489 e. The predicted molar refractivity (Wildman–Crippen MR) is 265 cm³/mol. The summed E-state index contributed by atoms with van der Waals surface area (Å²) in [4.78, 5) is 49.6. The van der Waals surface area contributed by atoms with Gasteiger partial charge in [0.15, 0.2) is 11.5 Å². The number of rotatable bonds is 17. The molecule has 0 bridgehead atoms. The quantitative estimate of drug-likeness (QED) is 0.0684. The minimum absolute atomic E-state index is 0.0208. The molecule has 4 aliphatic heterocycles. The molecule has 2 atom stereocenters. The molecule has 3 amide bonds. The molecule has 3 aromatic carbocycles. The van der Waals surface area contributed by atoms with Crippen molar-refractivity contribution in [3.63, 3.8) is 0 Å². The average molecular weight is 968 g/mol. The number of benzene rings is 3. The number of nitrogens with one attached hydrogen (secondary N) is 1. The van der Waals surface area contributed by atoms with Crippen LogP contribution in [0.5, 0.6) is 17.2 Å². The van der Waals surface area contributed by atoms with Gasteiger partial charge in [-0.1, -0.05) is 54.6 Å². The summed E-state index contributed by atoms with van der Waals surface area (Å²) in [5.41, 5.74) is 11.9. The van der Waals surface area contributed by atoms with E-state index in [4.69, 9.17) is 43.1 Å². The van der Waals surface area contributed by atoms with Crippen molar-refractivity contribution in [2.45, 2.75) is 115 Å². The first-order valence-electron chi connectivity index (χ1n) is 23.9. The maximum absolute atomic E-state index is 13.6. The van der Waals surface area contributed by atoms with E-state index < -0.39 is 11.7 Å². The number of carbonyl (C=O) groups is 3. The Bertz CT molecular complexity index is 2570. The smallest absolute Gasteiger partial charge is 0.255 e. The highest BCUT2D eigenvalue weighted by molar-refractivity contribution is 7.19. The predicted octanol–water partition coefficient (Wildman–Crippen LogP) is 10.4. The van der Waals surface area contributed by atoms with Crippen molar-refractivity contribution < 1.29 is 28.6 Å². The zero-order valence-corrected chi connectivity index (χ0v) is 40.7. The average Bonchev–Trinajstić information content (AvgIpc) is 4.00. The highest BCUT2D eigenvalue weighted by Gasteiger charge is 2.46. The van der Waals surface area contributed by atoms with Crippen molar-refractivity contribution in [2.24, 2.45) is 5.73 Å². The summed E-state index contributed by atoms with van der Waals surface area (Å²) in [5, 5.41) is 4.85. The summed E-state index contributed by atoms with van der Waals surface area (Å²) in [7, 11) is 0. The van der Waals surface area contributed by atoms with Gasteiger partial charge in [0.2, 0.25) is 17.7 Å². The van der Waals surface area contributed by atoms with E-state index in [0.29, 0.717) is 36.0 Å². The van der Waals surface area contributed by atoms with Crippen molar-refractivity contribution in [1.29, 1.82) is 0 Å². The van der Waals surface area contributed by atoms with Crippen LogP contribution in [0.3, 0.4) is 0 Å². The van der Waals surface area contributed by atoms with Crippen LogP contribution in [0.2, 0.25) is 10.0 Å². The molecule has 4 aliphatic rings. The Kier molecular flexibility index (Phi) is 14.6. The Morgan fingerprint density at radius 3 is 2.34 bits per heavy atom. The lowest BCUT2D eigenvalue weighted by atomic mass is 9.90. The van der Waals surface area contributed by atoms with Gasteiger partial charge in [-0.15, -0.1) is 11.3 Å². The van der Waals surface area contributed by atoms with Crippen molar-refractivity contribution in [1.82, 2.24) is 19.7 Å². The molecular formula is C52H60Cl2N6O6S. The van der Waals surface area contributed by atoms with E-state index in [0.717, 1.165) is 106 Å². The van der Waals surface area contributed by atoms with Crippen molar-refractivity contribution in [3.05, 3.63) is 99.0 Å². The summed E-state index contributed by atoms with van der Waals surface area (Å²) in [6.07, 6.45) is 11.4. The number of unbranched alkanes of at least 4 members (excludes halogenated alkanes) is 4. The fourth-order valence-electron chi connectivity index (χ4n) is 9.97. The lowest BCUT2D eigenvalue weighted by Gasteiger charge is -2.39. The van der Waals surface area contributed by atoms with E-state index in [1.54, 1.807) is 29.7 Å². The van der Waals surface area contributed by atoms with Gasteiger partial charge in [0.25, 0.3) is 5.79 Å². The number of carbonyl (C=O) groups excluding carboxylic acids is 3. The Labute approximate surface area is 407 Å². The van der Waals surface area contributed by atoms with Gasteiger partial charge in [-0.25, -0.2) is 0 Å². The van der Waals surface area contributed by atoms with E-state index in [9.17, 15) is 14.4 Å². The Morgan fingerprint density at radius 2 is 1.60 bits per heavy atom. The monoisotopic (exact) mass is 966 g/mol. The van der Waals surface area contributed by atoms with Gasteiger partial charge in [0.1, 0.15) is 11.9 Å². The molecule has 354 valence electrons. The first-order chi connectivity index (χ1) is 32.4. The lowest BCUT2D eigenvalue weighted by molar-refractivity contribution is -0.147. The zero-order chi connectivity index (χ0) is 46.7. The molecule has 1 spiro atoms. The number of aromatic nitrogens is 1. The van der Waals surface area contributed by atoms with E-state index in [1.165, 1.54) is 30.6 Å². The molecule has 2 aromatic heterocycles. The first kappa shape index (κ1) is 47.2. The van der Waals surface area contributed by atoms with Gasteiger partial charge in [-0.05, 0) is 106 Å². The fraction of sp³-hybridized carbons (Fsp3) is 0.462. The van der Waals surface area contributed by atoms with E-state index in [1.807, 2.05) is 67.3 Å². The fourth-order valence-corrected chi connectivity index (χ4v) is 11.5. The minimum atomic E-state index is -0.763. The van der Waals surface area contributed by atoms with Crippen LogP contribution < -0.4 is 25.3 Å². The molecule has 3 saturated heterocycles. The molecular weight excluding hydrogens is 908 g/mol. The molecule has 3 N–H and O–H groups in total. The topological polar surface area (TPSA) is 140 Å². The van der Waals surface area contributed by atoms with Gasteiger partial charge in [0, 0.05) is 108 Å². The number of nitrogens with zero attached hydrogens (tertiary/aromatic N) is 4. The van der Waals surface area contributed by atoms with Crippen LogP contribution in [0.4, 0.5) is 5.69 Å². The van der Waals surface area contributed by atoms with Crippen LogP contribution in [0.15, 0.2) is 72.9 Å². The lowest BCUT2D eigenvalue weighted by Crippen LogP contribution is -2.53. The molecule has 5 aromatic rings. The molecule has 15 heteroatoms. The first-order valence-corrected chi connectivity index (χ1v) is 25.4. The number of thiophene rings is 1. The molecule has 3 fully saturated rings. The molecule has 0 radical (unpaired) electrons. The molecule has 0 saturated carbocycles. The number of likely N-dealkylation sites (tertiary alicyclic amines) is 3. The second kappa shape index (κ2) is 20.7. The summed E-state index contributed by atoms with van der Waals surface area (Å²) < 4.78 is 20.7. The number of nitrogens with two attached hydrogens (primary N) is 1. The van der Waals surface area contributed by atoms with Crippen molar-refractivity contribution in [3.8, 4) is 28.4 Å². The van der Waals surface area contributed by atoms with Crippen LogP contribution >= 0.6 is 34.5 Å². The minimum Gasteiger partial charge on any atom is -0.489 e. The van der Waals surface area contributed by atoms with E-state index in [-0.39, 0.29) is 49.3 Å². The second-order valence-electron chi connectivity index (χ2n) is 18.6. The maximum Gasteiger partial charge on any atom is 0.255 e. The number of halogens is 2. The molecule has 12 nitrogen and oxygen atoms in total. The number of aryl methyl sites for hydroxylation is 1. The van der Waals surface area contributed by atoms with Crippen LogP contribution in [-0.4, -0.2) is 94.6 Å². The third-order valence-corrected chi connectivity index (χ3v) is 15.3. The van der Waals surface area contributed by atoms with Gasteiger partial charge >= 0.3 is 0 Å². The number of pyridine rings is 1. The van der Waals surface area contributed by atoms with Crippen LogP contribution in [0.25, 0.3) is 21.3 Å². The Hall–Kier alpha value is -4.92. The highest BCUT2D eigenvalue weighted by atomic mass is 35.5. The summed E-state index contributed by atoms with van der Waals surface area (Å²) in [6.45, 7) is 9.26. The molecule has 6 heterocycles. The number of hydrogen-bond donors (Lipinski definition) is 2. The number of amides is 3. The molecule has 0 unspecified atom stereocenters. The zero-order valence-electron chi connectivity index (χ0n) is 38.4. The summed E-state index contributed by atoms with van der Waals surface area (Å²) in [6, 6.07) is 21.0. The number of imide groups is 1. The normalized spacial score (nSPS) is 18.3. The number of hydrogen-bond acceptors (Lipinski definition) is 11. The Morgan fingerprint density at radius 1 is 0.881 bits per heavy atom. The van der Waals surface area contributed by atoms with Crippen molar-refractivity contribution in [2.75, 3.05) is 44.6 Å². The van der Waals surface area contributed by atoms with Crippen LogP contribution in [-0.2, 0) is 20.9 Å². The number of ether oxygens (including phenoxy) is 3. The van der Waals surface area contributed by atoms with Crippen LogP contribution in [0.1, 0.15) is 99.5 Å².